The zero-order valence-electron chi connectivity index (χ0n) is 23.5. The van der Waals surface area contributed by atoms with Gasteiger partial charge in [0, 0.05) is 18.0 Å². The number of amides is 1. The third-order valence-electron chi connectivity index (χ3n) is 8.35. The van der Waals surface area contributed by atoms with Gasteiger partial charge in [0.2, 0.25) is 0 Å². The molecule has 6 heteroatoms. The first-order valence-corrected chi connectivity index (χ1v) is 14.9. The van der Waals surface area contributed by atoms with Gasteiger partial charge in [-0.15, -0.1) is 0 Å². The quantitative estimate of drug-likeness (QED) is 0.194. The summed E-state index contributed by atoms with van der Waals surface area (Å²) >= 11 is 0. The van der Waals surface area contributed by atoms with Gasteiger partial charge in [-0.25, -0.2) is 4.79 Å². The molecule has 1 aliphatic carbocycles. The zero-order valence-corrected chi connectivity index (χ0v) is 23.5. The van der Waals surface area contributed by atoms with Crippen LogP contribution in [0.25, 0.3) is 0 Å². The minimum Gasteiger partial charge on any atom is -0.480 e. The first-order chi connectivity index (χ1) is 20.1. The molecule has 3 atom stereocenters. The maximum Gasteiger partial charge on any atom is 0.329 e. The molecule has 1 saturated carbocycles. The first kappa shape index (κ1) is 28.6. The zero-order chi connectivity index (χ0) is 28.4. The van der Waals surface area contributed by atoms with E-state index < -0.39 is 24.2 Å². The lowest BCUT2D eigenvalue weighted by atomic mass is 9.95. The summed E-state index contributed by atoms with van der Waals surface area (Å²) < 4.78 is 12.5. The lowest BCUT2D eigenvalue weighted by molar-refractivity contribution is -0.165. The predicted molar refractivity (Wildman–Crippen MR) is 158 cm³/mol. The number of aryl methyl sites for hydroxylation is 1. The largest absolute Gasteiger partial charge is 0.480 e. The lowest BCUT2D eigenvalue weighted by Crippen LogP contribution is -2.54. The van der Waals surface area contributed by atoms with Gasteiger partial charge in [0.25, 0.3) is 5.91 Å². The normalized spacial score (nSPS) is 18.8. The fourth-order valence-electron chi connectivity index (χ4n) is 6.15. The summed E-state index contributed by atoms with van der Waals surface area (Å²) in [4.78, 5) is 41.2. The number of para-hydroxylation sites is 1. The summed E-state index contributed by atoms with van der Waals surface area (Å²) in [7, 11) is 0. The number of carbonyl (C=O) groups excluding carboxylic acids is 3. The van der Waals surface area contributed by atoms with Crippen LogP contribution >= 0.6 is 0 Å². The van der Waals surface area contributed by atoms with Gasteiger partial charge in [-0.1, -0.05) is 79.6 Å². The molecule has 0 N–H and O–H groups in total. The van der Waals surface area contributed by atoms with Crippen molar-refractivity contribution in [1.29, 1.82) is 0 Å². The SMILES string of the molecule is O=Cc1cccc([C@@H](CCc2ccccc2)OC(=O)C2CCCCN2C(=O)C(Oc2ccccc2)C2CCCC2)c1. The van der Waals surface area contributed by atoms with Crippen molar-refractivity contribution in [3.05, 3.63) is 102 Å². The van der Waals surface area contributed by atoms with Crippen LogP contribution in [0.4, 0.5) is 0 Å². The van der Waals surface area contributed by atoms with Crippen LogP contribution in [-0.4, -0.2) is 41.8 Å². The number of nitrogens with zero attached hydrogens (tertiary/aromatic N) is 1. The van der Waals surface area contributed by atoms with E-state index in [0.717, 1.165) is 55.9 Å². The van der Waals surface area contributed by atoms with Crippen molar-refractivity contribution in [3.63, 3.8) is 0 Å². The molecule has 1 saturated heterocycles. The summed E-state index contributed by atoms with van der Waals surface area (Å²) in [6.45, 7) is 0.509. The highest BCUT2D eigenvalue weighted by Crippen LogP contribution is 2.33. The number of ether oxygens (including phenoxy) is 2. The third kappa shape index (κ3) is 7.43. The minimum absolute atomic E-state index is 0.119. The maximum absolute atomic E-state index is 14.1. The van der Waals surface area contributed by atoms with Gasteiger partial charge < -0.3 is 14.4 Å². The van der Waals surface area contributed by atoms with Crippen LogP contribution in [0.15, 0.2) is 84.9 Å². The molecule has 2 fully saturated rings. The summed E-state index contributed by atoms with van der Waals surface area (Å²) in [6, 6.07) is 26.1. The lowest BCUT2D eigenvalue weighted by Gasteiger charge is -2.38. The Morgan fingerprint density at radius 2 is 1.56 bits per heavy atom. The van der Waals surface area contributed by atoms with Crippen LogP contribution in [-0.2, 0) is 20.7 Å². The van der Waals surface area contributed by atoms with Crippen molar-refractivity contribution in [3.8, 4) is 5.75 Å². The Hall–Kier alpha value is -3.93. The van der Waals surface area contributed by atoms with E-state index in [4.69, 9.17) is 9.47 Å². The molecule has 0 aromatic heterocycles. The number of likely N-dealkylation sites (tertiary alicyclic amines) is 1. The molecule has 1 heterocycles. The standard InChI is InChI=1S/C35H39NO5/c37-25-27-14-11-17-29(24-27)32(22-21-26-12-3-1-4-13-26)41-35(39)31-20-9-10-23-36(31)34(38)33(28-15-7-8-16-28)40-30-18-5-2-6-19-30/h1-6,11-14,17-19,24-25,28,31-33H,7-10,15-16,20-23H2/t31?,32-,33?/m1/s1. The molecule has 0 radical (unpaired) electrons. The highest BCUT2D eigenvalue weighted by Gasteiger charge is 2.41. The van der Waals surface area contributed by atoms with Gasteiger partial charge in [-0.2, -0.15) is 0 Å². The Labute approximate surface area is 242 Å². The maximum atomic E-state index is 14.1. The van der Waals surface area contributed by atoms with Gasteiger partial charge >= 0.3 is 5.97 Å². The second kappa shape index (κ2) is 14.1. The molecule has 0 bridgehead atoms. The van der Waals surface area contributed by atoms with E-state index in [0.29, 0.717) is 37.1 Å². The number of aldehydes is 1. The van der Waals surface area contributed by atoms with Crippen molar-refractivity contribution < 1.29 is 23.9 Å². The monoisotopic (exact) mass is 553 g/mol. The molecule has 5 rings (SSSR count). The molecule has 3 aromatic rings. The highest BCUT2D eigenvalue weighted by molar-refractivity contribution is 5.88. The van der Waals surface area contributed by atoms with Crippen molar-refractivity contribution in [1.82, 2.24) is 4.90 Å². The van der Waals surface area contributed by atoms with Crippen LogP contribution in [0, 0.1) is 5.92 Å². The van der Waals surface area contributed by atoms with Gasteiger partial charge in [-0.3, -0.25) is 9.59 Å². The third-order valence-corrected chi connectivity index (χ3v) is 8.35. The molecule has 2 unspecified atom stereocenters. The van der Waals surface area contributed by atoms with Gasteiger partial charge in [0.05, 0.1) is 0 Å². The number of rotatable bonds is 11. The van der Waals surface area contributed by atoms with E-state index >= 15 is 0 Å². The summed E-state index contributed by atoms with van der Waals surface area (Å²) in [5.41, 5.74) is 2.46. The fraction of sp³-hybridized carbons (Fsp3) is 0.400. The number of carbonyl (C=O) groups is 3. The van der Waals surface area contributed by atoms with Crippen molar-refractivity contribution in [2.24, 2.45) is 5.92 Å². The van der Waals surface area contributed by atoms with E-state index in [1.807, 2.05) is 60.7 Å². The van der Waals surface area contributed by atoms with E-state index in [9.17, 15) is 14.4 Å². The molecular formula is C35H39NO5. The number of benzene rings is 3. The highest BCUT2D eigenvalue weighted by atomic mass is 16.5. The Kier molecular flexibility index (Phi) is 9.84. The van der Waals surface area contributed by atoms with E-state index in [2.05, 4.69) is 12.1 Å². The van der Waals surface area contributed by atoms with Crippen molar-refractivity contribution in [2.75, 3.05) is 6.54 Å². The van der Waals surface area contributed by atoms with Gasteiger partial charge in [0.15, 0.2) is 6.10 Å². The van der Waals surface area contributed by atoms with Gasteiger partial charge in [0.1, 0.15) is 24.2 Å². The average Bonchev–Trinajstić information content (AvgIpc) is 3.57. The molecule has 6 nitrogen and oxygen atoms in total. The van der Waals surface area contributed by atoms with Crippen LogP contribution < -0.4 is 4.74 Å². The Morgan fingerprint density at radius 3 is 2.29 bits per heavy atom. The summed E-state index contributed by atoms with van der Waals surface area (Å²) in [5.74, 6) is 0.291. The van der Waals surface area contributed by atoms with E-state index in [-0.39, 0.29) is 11.8 Å². The number of hydrogen-bond donors (Lipinski definition) is 0. The molecule has 41 heavy (non-hydrogen) atoms. The molecule has 0 spiro atoms. The van der Waals surface area contributed by atoms with E-state index in [1.54, 1.807) is 17.0 Å². The van der Waals surface area contributed by atoms with Crippen molar-refractivity contribution in [2.45, 2.75) is 76.0 Å². The predicted octanol–water partition coefficient (Wildman–Crippen LogP) is 6.74. The number of hydrogen-bond acceptors (Lipinski definition) is 5. The Bertz CT molecular complexity index is 1290. The first-order valence-electron chi connectivity index (χ1n) is 14.9. The Balaban J connectivity index is 1.35. The van der Waals surface area contributed by atoms with E-state index in [1.165, 1.54) is 0 Å². The molecule has 2 aliphatic rings. The minimum atomic E-state index is -0.659. The number of piperidine rings is 1. The molecule has 3 aromatic carbocycles. The topological polar surface area (TPSA) is 72.9 Å². The Morgan fingerprint density at radius 1 is 0.854 bits per heavy atom. The van der Waals surface area contributed by atoms with Crippen LogP contribution in [0.1, 0.15) is 79.0 Å². The smallest absolute Gasteiger partial charge is 0.329 e. The molecule has 214 valence electrons. The fourth-order valence-corrected chi connectivity index (χ4v) is 6.15. The molecular weight excluding hydrogens is 514 g/mol. The summed E-state index contributed by atoms with van der Waals surface area (Å²) in [5, 5.41) is 0. The second-order valence-corrected chi connectivity index (χ2v) is 11.2. The number of esters is 1. The van der Waals surface area contributed by atoms with Crippen LogP contribution in [0.5, 0.6) is 5.75 Å². The van der Waals surface area contributed by atoms with Crippen LogP contribution in [0.3, 0.4) is 0 Å². The summed E-state index contributed by atoms with van der Waals surface area (Å²) in [6.07, 6.45) is 7.25. The second-order valence-electron chi connectivity index (χ2n) is 11.2. The molecule has 1 aliphatic heterocycles. The van der Waals surface area contributed by atoms with Gasteiger partial charge in [-0.05, 0) is 74.3 Å². The molecule has 1 amide bonds. The average molecular weight is 554 g/mol. The van der Waals surface area contributed by atoms with Crippen LogP contribution in [0.2, 0.25) is 0 Å². The van der Waals surface area contributed by atoms with Crippen molar-refractivity contribution >= 4 is 18.2 Å².